The lowest BCUT2D eigenvalue weighted by Gasteiger charge is -1.99. The Morgan fingerprint density at radius 3 is 2.20 bits per heavy atom. The summed E-state index contributed by atoms with van der Waals surface area (Å²) in [6.45, 7) is 0. The SMILES string of the molecule is Nc1cc(Cl)cc(Cl)c1Cl. The average Bonchev–Trinajstić information content (AvgIpc) is 1.82. The van der Waals surface area contributed by atoms with Crippen LogP contribution >= 0.6 is 34.8 Å². The second-order valence-corrected chi connectivity index (χ2v) is 3.01. The highest BCUT2D eigenvalue weighted by molar-refractivity contribution is 6.44. The third kappa shape index (κ3) is 1.48. The molecule has 2 N–H and O–H groups in total. The van der Waals surface area contributed by atoms with Gasteiger partial charge in [-0.1, -0.05) is 34.8 Å². The zero-order chi connectivity index (χ0) is 7.72. The van der Waals surface area contributed by atoms with Gasteiger partial charge in [-0.15, -0.1) is 0 Å². The lowest BCUT2D eigenvalue weighted by atomic mass is 10.3. The summed E-state index contributed by atoms with van der Waals surface area (Å²) in [5.74, 6) is 0. The summed E-state index contributed by atoms with van der Waals surface area (Å²) in [5.41, 5.74) is 5.82. The van der Waals surface area contributed by atoms with E-state index >= 15 is 0 Å². The van der Waals surface area contributed by atoms with E-state index in [0.717, 1.165) is 0 Å². The zero-order valence-electron chi connectivity index (χ0n) is 4.87. The molecule has 1 nitrogen and oxygen atoms in total. The van der Waals surface area contributed by atoms with Gasteiger partial charge in [0.05, 0.1) is 15.7 Å². The van der Waals surface area contributed by atoms with Crippen molar-refractivity contribution in [1.29, 1.82) is 0 Å². The Balaban J connectivity index is 3.31. The molecule has 0 aromatic heterocycles. The molecule has 0 bridgehead atoms. The molecule has 0 saturated heterocycles. The molecule has 10 heavy (non-hydrogen) atoms. The maximum absolute atomic E-state index is 5.63. The Bertz CT molecular complexity index is 236. The Morgan fingerprint density at radius 1 is 1.10 bits per heavy atom. The van der Waals surface area contributed by atoms with Crippen molar-refractivity contribution in [2.75, 3.05) is 5.73 Å². The topological polar surface area (TPSA) is 26.0 Å². The standard InChI is InChI=1S/C6H4Cl3N/c7-3-1-4(8)6(9)5(10)2-3/h1-2H,10H2. The normalized spacial score (nSPS) is 9.90. The van der Waals surface area contributed by atoms with Gasteiger partial charge >= 0.3 is 0 Å². The van der Waals surface area contributed by atoms with Crippen LogP contribution in [0.5, 0.6) is 0 Å². The number of rotatable bonds is 0. The van der Waals surface area contributed by atoms with Crippen LogP contribution in [0.2, 0.25) is 15.1 Å². The number of nitrogens with two attached hydrogens (primary N) is 1. The minimum Gasteiger partial charge on any atom is -0.397 e. The molecule has 0 spiro atoms. The van der Waals surface area contributed by atoms with Gasteiger partial charge < -0.3 is 5.73 Å². The Labute approximate surface area is 73.7 Å². The van der Waals surface area contributed by atoms with Crippen LogP contribution in [0.1, 0.15) is 0 Å². The molecule has 1 rings (SSSR count). The first-order valence-corrected chi connectivity index (χ1v) is 3.64. The molecule has 0 unspecified atom stereocenters. The van der Waals surface area contributed by atoms with Crippen LogP contribution in [0.25, 0.3) is 0 Å². The average molecular weight is 196 g/mol. The van der Waals surface area contributed by atoms with Crippen LogP contribution in [-0.4, -0.2) is 0 Å². The number of hydrogen-bond acceptors (Lipinski definition) is 1. The highest BCUT2D eigenvalue weighted by Crippen LogP contribution is 2.30. The van der Waals surface area contributed by atoms with Crippen molar-refractivity contribution in [3.05, 3.63) is 27.2 Å². The number of hydrogen-bond donors (Lipinski definition) is 1. The Kier molecular flexibility index (Phi) is 2.29. The van der Waals surface area contributed by atoms with Gasteiger partial charge in [0.15, 0.2) is 0 Å². The van der Waals surface area contributed by atoms with Gasteiger partial charge in [-0.05, 0) is 12.1 Å². The minimum absolute atomic E-state index is 0.353. The molecule has 0 aliphatic carbocycles. The van der Waals surface area contributed by atoms with Gasteiger partial charge in [0.25, 0.3) is 0 Å². The maximum Gasteiger partial charge on any atom is 0.0822 e. The van der Waals surface area contributed by atoms with E-state index in [1.54, 1.807) is 12.1 Å². The van der Waals surface area contributed by atoms with Gasteiger partial charge in [-0.3, -0.25) is 0 Å². The summed E-state index contributed by atoms with van der Waals surface area (Å²) in [7, 11) is 0. The molecule has 0 aliphatic heterocycles. The van der Waals surface area contributed by atoms with Crippen molar-refractivity contribution in [3.8, 4) is 0 Å². The monoisotopic (exact) mass is 195 g/mol. The summed E-state index contributed by atoms with van der Waals surface area (Å²) in [6, 6.07) is 3.09. The maximum atomic E-state index is 5.63. The molecule has 0 heterocycles. The van der Waals surface area contributed by atoms with Crippen LogP contribution in [0.4, 0.5) is 5.69 Å². The fraction of sp³-hybridized carbons (Fsp3) is 0. The molecular formula is C6H4Cl3N. The second kappa shape index (κ2) is 2.87. The lowest BCUT2D eigenvalue weighted by Crippen LogP contribution is -1.85. The molecule has 0 amide bonds. The number of nitrogen functional groups attached to an aromatic ring is 1. The fourth-order valence-electron chi connectivity index (χ4n) is 0.576. The summed E-state index contributed by atoms with van der Waals surface area (Å²) in [4.78, 5) is 0. The molecule has 0 saturated carbocycles. The van der Waals surface area contributed by atoms with Crippen molar-refractivity contribution in [3.63, 3.8) is 0 Å². The molecule has 1 aromatic carbocycles. The highest BCUT2D eigenvalue weighted by atomic mass is 35.5. The van der Waals surface area contributed by atoms with Crippen LogP contribution in [0, 0.1) is 0 Å². The van der Waals surface area contributed by atoms with Crippen molar-refractivity contribution < 1.29 is 0 Å². The van der Waals surface area contributed by atoms with Crippen LogP contribution in [-0.2, 0) is 0 Å². The number of halogens is 3. The third-order valence-corrected chi connectivity index (χ3v) is 2.06. The predicted octanol–water partition coefficient (Wildman–Crippen LogP) is 3.23. The highest BCUT2D eigenvalue weighted by Gasteiger charge is 2.02. The van der Waals surface area contributed by atoms with Crippen molar-refractivity contribution in [1.82, 2.24) is 0 Å². The smallest absolute Gasteiger partial charge is 0.0822 e. The molecular weight excluding hydrogens is 192 g/mol. The molecule has 0 atom stereocenters. The molecule has 54 valence electrons. The quantitative estimate of drug-likeness (QED) is 0.500. The predicted molar refractivity (Wildman–Crippen MR) is 45.9 cm³/mol. The molecule has 0 radical (unpaired) electrons. The van der Waals surface area contributed by atoms with E-state index in [9.17, 15) is 0 Å². The summed E-state index contributed by atoms with van der Waals surface area (Å²) in [6.07, 6.45) is 0. The van der Waals surface area contributed by atoms with Crippen LogP contribution in [0.3, 0.4) is 0 Å². The van der Waals surface area contributed by atoms with Gasteiger partial charge in [-0.2, -0.15) is 0 Å². The van der Waals surface area contributed by atoms with E-state index in [1.807, 2.05) is 0 Å². The van der Waals surface area contributed by atoms with Gasteiger partial charge in [0, 0.05) is 5.02 Å². The van der Waals surface area contributed by atoms with E-state index in [1.165, 1.54) is 0 Å². The van der Waals surface area contributed by atoms with Gasteiger partial charge in [-0.25, -0.2) is 0 Å². The van der Waals surface area contributed by atoms with Gasteiger partial charge in [0.1, 0.15) is 0 Å². The molecule has 0 aliphatic rings. The third-order valence-electron chi connectivity index (χ3n) is 1.02. The Hall–Kier alpha value is -0.110. The summed E-state index contributed by atoms with van der Waals surface area (Å²) >= 11 is 16.9. The second-order valence-electron chi connectivity index (χ2n) is 1.79. The van der Waals surface area contributed by atoms with Crippen LogP contribution < -0.4 is 5.73 Å². The summed E-state index contributed by atoms with van der Waals surface area (Å²) < 4.78 is 0. The van der Waals surface area contributed by atoms with Crippen molar-refractivity contribution in [2.24, 2.45) is 0 Å². The summed E-state index contributed by atoms with van der Waals surface area (Å²) in [5, 5.41) is 1.23. The number of benzene rings is 1. The number of anilines is 1. The molecule has 4 heteroatoms. The fourth-order valence-corrected chi connectivity index (χ4v) is 1.19. The molecule has 1 aromatic rings. The van der Waals surface area contributed by atoms with Crippen LogP contribution in [0.15, 0.2) is 12.1 Å². The minimum atomic E-state index is 0.353. The first-order chi connectivity index (χ1) is 4.61. The lowest BCUT2D eigenvalue weighted by molar-refractivity contribution is 1.68. The van der Waals surface area contributed by atoms with E-state index in [4.69, 9.17) is 40.5 Å². The van der Waals surface area contributed by atoms with E-state index in [2.05, 4.69) is 0 Å². The Morgan fingerprint density at radius 2 is 1.70 bits per heavy atom. The van der Waals surface area contributed by atoms with Gasteiger partial charge in [0.2, 0.25) is 0 Å². The van der Waals surface area contributed by atoms with Crippen molar-refractivity contribution >= 4 is 40.5 Å². The zero-order valence-corrected chi connectivity index (χ0v) is 7.13. The first-order valence-electron chi connectivity index (χ1n) is 2.51. The van der Waals surface area contributed by atoms with Crippen molar-refractivity contribution in [2.45, 2.75) is 0 Å². The first kappa shape index (κ1) is 7.99. The largest absolute Gasteiger partial charge is 0.397 e. The van der Waals surface area contributed by atoms with E-state index < -0.39 is 0 Å². The molecule has 0 fully saturated rings. The van der Waals surface area contributed by atoms with E-state index in [-0.39, 0.29) is 0 Å². The van der Waals surface area contributed by atoms with E-state index in [0.29, 0.717) is 20.8 Å².